The third-order valence-corrected chi connectivity index (χ3v) is 2.09. The van der Waals surface area contributed by atoms with Gasteiger partial charge in [0, 0.05) is 8.47 Å². The third kappa shape index (κ3) is 2.55. The van der Waals surface area contributed by atoms with Crippen LogP contribution in [-0.2, 0) is 6.18 Å². The average molecular weight is 304 g/mol. The number of rotatable bonds is 0. The Hall–Kier alpha value is 0.0900. The van der Waals surface area contributed by atoms with Crippen LogP contribution >= 0.6 is 35.2 Å². The van der Waals surface area contributed by atoms with Crippen LogP contribution in [-0.4, -0.2) is 0 Å². The molecule has 0 radical (unpaired) electrons. The molecule has 0 fully saturated rings. The Balaban J connectivity index is 3.18. The van der Waals surface area contributed by atoms with E-state index in [0.29, 0.717) is 8.47 Å². The van der Waals surface area contributed by atoms with E-state index in [4.69, 9.17) is 0 Å². The highest BCUT2D eigenvalue weighted by molar-refractivity contribution is 14.1. The quantitative estimate of drug-likeness (QED) is 0.549. The third-order valence-electron chi connectivity index (χ3n) is 1.21. The van der Waals surface area contributed by atoms with Gasteiger partial charge in [0.2, 0.25) is 0 Å². The van der Waals surface area contributed by atoms with Gasteiger partial charge in [0.25, 0.3) is 0 Å². The molecule has 1 rings (SSSR count). The van der Waals surface area contributed by atoms with Crippen molar-refractivity contribution in [2.24, 2.45) is 0 Å². The fraction of sp³-hybridized carbons (Fsp3) is 0.143. The molecule has 1 aromatic carbocycles. The van der Waals surface area contributed by atoms with Gasteiger partial charge >= 0.3 is 6.18 Å². The maximum Gasteiger partial charge on any atom is 0.416 e. The first kappa shape index (κ1) is 10.2. The number of thiol groups is 1. The molecule has 0 heterocycles. The SMILES string of the molecule is FC(F)(F)c1cc(S)cc(I)c1. The Labute approximate surface area is 86.7 Å². The van der Waals surface area contributed by atoms with Crippen molar-refractivity contribution in [2.45, 2.75) is 11.1 Å². The van der Waals surface area contributed by atoms with E-state index in [1.807, 2.05) is 22.6 Å². The van der Waals surface area contributed by atoms with E-state index in [0.717, 1.165) is 12.1 Å². The van der Waals surface area contributed by atoms with Crippen molar-refractivity contribution in [3.63, 3.8) is 0 Å². The molecule has 0 spiro atoms. The number of halogens is 4. The molecule has 0 aliphatic rings. The summed E-state index contributed by atoms with van der Waals surface area (Å²) in [5.41, 5.74) is -0.653. The van der Waals surface area contributed by atoms with Gasteiger partial charge in [-0.05, 0) is 40.8 Å². The fourth-order valence-corrected chi connectivity index (χ4v) is 1.93. The van der Waals surface area contributed by atoms with Crippen LogP contribution < -0.4 is 0 Å². The Bertz CT molecular complexity index is 275. The normalized spacial score (nSPS) is 11.8. The van der Waals surface area contributed by atoms with Crippen LogP contribution in [0.1, 0.15) is 5.56 Å². The summed E-state index contributed by atoms with van der Waals surface area (Å²) in [5.74, 6) is 0. The lowest BCUT2D eigenvalue weighted by Gasteiger charge is -2.07. The van der Waals surface area contributed by atoms with E-state index in [-0.39, 0.29) is 0 Å². The Kier molecular flexibility index (Phi) is 2.92. The monoisotopic (exact) mass is 304 g/mol. The van der Waals surface area contributed by atoms with E-state index < -0.39 is 11.7 Å². The Morgan fingerprint density at radius 2 is 1.75 bits per heavy atom. The van der Waals surface area contributed by atoms with Crippen molar-refractivity contribution < 1.29 is 13.2 Å². The summed E-state index contributed by atoms with van der Waals surface area (Å²) in [6.45, 7) is 0. The molecule has 0 aliphatic heterocycles. The zero-order chi connectivity index (χ0) is 9.35. The number of alkyl halides is 3. The van der Waals surface area contributed by atoms with Crippen molar-refractivity contribution in [1.29, 1.82) is 0 Å². The van der Waals surface area contributed by atoms with E-state index in [2.05, 4.69) is 12.6 Å². The smallest absolute Gasteiger partial charge is 0.166 e. The molecule has 0 atom stereocenters. The van der Waals surface area contributed by atoms with Gasteiger partial charge in [-0.15, -0.1) is 12.6 Å². The van der Waals surface area contributed by atoms with E-state index >= 15 is 0 Å². The van der Waals surface area contributed by atoms with Crippen LogP contribution in [0.15, 0.2) is 23.1 Å². The summed E-state index contributed by atoms with van der Waals surface area (Å²) < 4.78 is 36.9. The molecule has 0 saturated carbocycles. The van der Waals surface area contributed by atoms with Gasteiger partial charge in [-0.2, -0.15) is 13.2 Å². The van der Waals surface area contributed by atoms with Crippen LogP contribution in [0.3, 0.4) is 0 Å². The molecule has 0 bridgehead atoms. The van der Waals surface area contributed by atoms with Gasteiger partial charge < -0.3 is 0 Å². The zero-order valence-electron chi connectivity index (χ0n) is 5.69. The highest BCUT2D eigenvalue weighted by Gasteiger charge is 2.30. The van der Waals surface area contributed by atoms with Gasteiger partial charge in [-0.3, -0.25) is 0 Å². The summed E-state index contributed by atoms with van der Waals surface area (Å²) in [6.07, 6.45) is -4.28. The average Bonchev–Trinajstić information content (AvgIpc) is 1.82. The second-order valence-corrected chi connectivity index (χ2v) is 3.96. The molecular weight excluding hydrogens is 300 g/mol. The molecule has 0 aliphatic carbocycles. The van der Waals surface area contributed by atoms with Crippen LogP contribution in [0, 0.1) is 3.57 Å². The predicted octanol–water partition coefficient (Wildman–Crippen LogP) is 3.60. The topological polar surface area (TPSA) is 0 Å². The maximum absolute atomic E-state index is 12.1. The molecule has 1 aromatic rings. The van der Waals surface area contributed by atoms with Crippen LogP contribution in [0.2, 0.25) is 0 Å². The summed E-state index contributed by atoms with van der Waals surface area (Å²) in [7, 11) is 0. The van der Waals surface area contributed by atoms with Gasteiger partial charge in [0.15, 0.2) is 0 Å². The van der Waals surface area contributed by atoms with Crippen LogP contribution in [0.25, 0.3) is 0 Å². The molecule has 66 valence electrons. The molecule has 0 N–H and O–H groups in total. The molecule has 5 heteroatoms. The summed E-state index contributed by atoms with van der Waals surface area (Å²) in [6, 6.07) is 3.66. The first-order valence-electron chi connectivity index (χ1n) is 2.96. The van der Waals surface area contributed by atoms with Crippen molar-refractivity contribution >= 4 is 35.2 Å². The number of benzene rings is 1. The van der Waals surface area contributed by atoms with E-state index in [9.17, 15) is 13.2 Å². The standard InChI is InChI=1S/C7H4F3IS/c8-7(9,10)4-1-5(11)3-6(12)2-4/h1-3,12H. The van der Waals surface area contributed by atoms with Crippen LogP contribution in [0.5, 0.6) is 0 Å². The minimum Gasteiger partial charge on any atom is -0.166 e. The molecule has 0 nitrogen and oxygen atoms in total. The van der Waals surface area contributed by atoms with E-state index in [1.165, 1.54) is 0 Å². The van der Waals surface area contributed by atoms with Crippen molar-refractivity contribution in [3.05, 3.63) is 27.3 Å². The number of hydrogen-bond donors (Lipinski definition) is 1. The van der Waals surface area contributed by atoms with Gasteiger partial charge in [-0.25, -0.2) is 0 Å². The highest BCUT2D eigenvalue weighted by Crippen LogP contribution is 2.31. The molecule has 0 aromatic heterocycles. The van der Waals surface area contributed by atoms with E-state index in [1.54, 1.807) is 6.07 Å². The summed E-state index contributed by atoms with van der Waals surface area (Å²) in [4.78, 5) is 0.328. The van der Waals surface area contributed by atoms with Crippen molar-refractivity contribution in [2.75, 3.05) is 0 Å². The summed E-state index contributed by atoms with van der Waals surface area (Å²) >= 11 is 5.67. The van der Waals surface area contributed by atoms with Gasteiger partial charge in [0.05, 0.1) is 5.56 Å². The lowest BCUT2D eigenvalue weighted by molar-refractivity contribution is -0.137. The fourth-order valence-electron chi connectivity index (χ4n) is 0.738. The maximum atomic E-state index is 12.1. The lowest BCUT2D eigenvalue weighted by atomic mass is 10.2. The van der Waals surface area contributed by atoms with Crippen molar-refractivity contribution in [1.82, 2.24) is 0 Å². The molecular formula is C7H4F3IS. The second kappa shape index (κ2) is 3.45. The Morgan fingerprint density at radius 1 is 1.17 bits per heavy atom. The second-order valence-electron chi connectivity index (χ2n) is 2.20. The largest absolute Gasteiger partial charge is 0.416 e. The molecule has 12 heavy (non-hydrogen) atoms. The lowest BCUT2D eigenvalue weighted by Crippen LogP contribution is -2.04. The minimum absolute atomic E-state index is 0.328. The number of hydrogen-bond acceptors (Lipinski definition) is 1. The molecule has 0 unspecified atom stereocenters. The van der Waals surface area contributed by atoms with Gasteiger partial charge in [-0.1, -0.05) is 0 Å². The Morgan fingerprint density at radius 3 is 2.17 bits per heavy atom. The summed E-state index contributed by atoms with van der Waals surface area (Å²) in [5, 5.41) is 0. The highest BCUT2D eigenvalue weighted by atomic mass is 127. The van der Waals surface area contributed by atoms with Crippen LogP contribution in [0.4, 0.5) is 13.2 Å². The first-order valence-corrected chi connectivity index (χ1v) is 4.49. The zero-order valence-corrected chi connectivity index (χ0v) is 8.74. The molecule has 0 amide bonds. The minimum atomic E-state index is -4.28. The van der Waals surface area contributed by atoms with Crippen molar-refractivity contribution in [3.8, 4) is 0 Å². The predicted molar refractivity (Wildman–Crippen MR) is 51.4 cm³/mol. The first-order chi connectivity index (χ1) is 5.39. The van der Waals surface area contributed by atoms with Gasteiger partial charge in [0.1, 0.15) is 0 Å². The molecule has 0 saturated heterocycles.